The number of nitrogens with one attached hydrogen (secondary N) is 2. The van der Waals surface area contributed by atoms with Crippen molar-refractivity contribution in [2.24, 2.45) is 11.3 Å². The van der Waals surface area contributed by atoms with Gasteiger partial charge in [-0.3, -0.25) is 14.7 Å². The van der Waals surface area contributed by atoms with Crippen LogP contribution >= 0.6 is 11.6 Å². The van der Waals surface area contributed by atoms with Gasteiger partial charge in [0.1, 0.15) is 5.69 Å². The molecule has 0 atom stereocenters. The maximum atomic E-state index is 12.9. The summed E-state index contributed by atoms with van der Waals surface area (Å²) in [7, 11) is 1.52. The number of aromatic amines is 1. The molecule has 4 heterocycles. The lowest BCUT2D eigenvalue weighted by atomic mass is 9.83. The molecule has 0 bridgehead atoms. The lowest BCUT2D eigenvalue weighted by Gasteiger charge is -2.41. The van der Waals surface area contributed by atoms with Crippen molar-refractivity contribution in [2.75, 3.05) is 40.0 Å². The Hall–Kier alpha value is -2.65. The molecule has 2 N–H and O–H groups in total. The van der Waals surface area contributed by atoms with E-state index in [9.17, 15) is 9.59 Å². The van der Waals surface area contributed by atoms with Crippen molar-refractivity contribution in [3.8, 4) is 17.1 Å². The van der Waals surface area contributed by atoms with E-state index < -0.39 is 0 Å². The van der Waals surface area contributed by atoms with Crippen LogP contribution in [0.4, 0.5) is 0 Å². The van der Waals surface area contributed by atoms with E-state index in [0.29, 0.717) is 73.5 Å². The molecule has 0 spiro atoms. The first-order valence-corrected chi connectivity index (χ1v) is 11.2. The number of likely N-dealkylation sites (tertiary alicyclic amines) is 1. The van der Waals surface area contributed by atoms with Gasteiger partial charge in [0.2, 0.25) is 11.8 Å². The quantitative estimate of drug-likeness (QED) is 0.655. The van der Waals surface area contributed by atoms with Crippen LogP contribution in [-0.4, -0.2) is 71.9 Å². The molecule has 0 saturated carbocycles. The second-order valence-corrected chi connectivity index (χ2v) is 8.91. The molecule has 2 aromatic heterocycles. The van der Waals surface area contributed by atoms with Crippen LogP contribution in [-0.2, 0) is 9.53 Å². The summed E-state index contributed by atoms with van der Waals surface area (Å²) in [5.41, 5.74) is 1.64. The predicted molar refractivity (Wildman–Crippen MR) is 119 cm³/mol. The Balaban J connectivity index is 1.32. The number of hydrogen-bond acceptors (Lipinski definition) is 6. The van der Waals surface area contributed by atoms with Gasteiger partial charge in [-0.1, -0.05) is 18.5 Å². The lowest BCUT2D eigenvalue weighted by Crippen LogP contribution is -2.52. The summed E-state index contributed by atoms with van der Waals surface area (Å²) in [6.45, 7) is 5.24. The number of methoxy groups -OCH3 is 1. The molecule has 2 fully saturated rings. The molecule has 2 aliphatic heterocycles. The number of aromatic nitrogens is 3. The van der Waals surface area contributed by atoms with Crippen LogP contribution in [0.25, 0.3) is 11.3 Å². The topological polar surface area (TPSA) is 109 Å². The molecule has 2 aromatic rings. The van der Waals surface area contributed by atoms with Gasteiger partial charge in [-0.15, -0.1) is 0 Å². The van der Waals surface area contributed by atoms with Crippen LogP contribution in [0, 0.1) is 11.3 Å². The van der Waals surface area contributed by atoms with Crippen LogP contribution in [0.3, 0.4) is 0 Å². The van der Waals surface area contributed by atoms with Crippen LogP contribution in [0.1, 0.15) is 36.7 Å². The third-order valence-corrected chi connectivity index (χ3v) is 6.78. The molecule has 172 valence electrons. The summed E-state index contributed by atoms with van der Waals surface area (Å²) in [5.74, 6) is 0.267. The monoisotopic (exact) mass is 461 g/mol. The van der Waals surface area contributed by atoms with Gasteiger partial charge in [0.25, 0.3) is 5.91 Å². The number of halogens is 1. The number of H-pyrrole nitrogens is 1. The maximum Gasteiger partial charge on any atom is 0.271 e. The van der Waals surface area contributed by atoms with Crippen LogP contribution in [0.2, 0.25) is 5.02 Å². The van der Waals surface area contributed by atoms with E-state index in [1.54, 1.807) is 17.0 Å². The van der Waals surface area contributed by atoms with Crippen molar-refractivity contribution in [1.82, 2.24) is 25.4 Å². The van der Waals surface area contributed by atoms with Gasteiger partial charge in [0.05, 0.1) is 37.2 Å². The summed E-state index contributed by atoms with van der Waals surface area (Å²) in [5, 5.41) is 10.5. The van der Waals surface area contributed by atoms with Gasteiger partial charge >= 0.3 is 0 Å². The third kappa shape index (κ3) is 4.59. The minimum absolute atomic E-state index is 0.0712. The van der Waals surface area contributed by atoms with E-state index in [-0.39, 0.29) is 23.1 Å². The Morgan fingerprint density at radius 1 is 1.34 bits per heavy atom. The van der Waals surface area contributed by atoms with Crippen molar-refractivity contribution in [3.05, 3.63) is 29.0 Å². The van der Waals surface area contributed by atoms with Gasteiger partial charge in [0.15, 0.2) is 0 Å². The summed E-state index contributed by atoms with van der Waals surface area (Å²) in [4.78, 5) is 31.3. The number of nitrogens with zero attached hydrogens (tertiary/aromatic N) is 3. The number of amides is 2. The van der Waals surface area contributed by atoms with Crippen molar-refractivity contribution >= 4 is 23.4 Å². The fourth-order valence-corrected chi connectivity index (χ4v) is 4.25. The summed E-state index contributed by atoms with van der Waals surface area (Å²) in [6.07, 6.45) is 3.76. The molecule has 4 rings (SSSR count). The minimum atomic E-state index is -0.142. The first kappa shape index (κ1) is 22.5. The van der Waals surface area contributed by atoms with Crippen molar-refractivity contribution in [3.63, 3.8) is 0 Å². The fraction of sp³-hybridized carbons (Fsp3) is 0.545. The Bertz CT molecular complexity index is 977. The number of hydrogen-bond donors (Lipinski definition) is 2. The van der Waals surface area contributed by atoms with Gasteiger partial charge < -0.3 is 19.7 Å². The standard InChI is InChI=1S/C22H28ClN5O4/c1-3-22(12-32-13-22)11-25-20(29)14-4-6-28(7-5-14)21(30)18-9-17(26-27-18)15-8-19(31-2)24-10-16(15)23/h8-10,14H,3-7,11-13H2,1-2H3,(H,25,29)(H,26,27). The van der Waals surface area contributed by atoms with Crippen LogP contribution in [0.15, 0.2) is 18.3 Å². The maximum absolute atomic E-state index is 12.9. The number of carbonyl (C=O) groups excluding carboxylic acids is 2. The van der Waals surface area contributed by atoms with Gasteiger partial charge in [-0.25, -0.2) is 4.98 Å². The zero-order valence-corrected chi connectivity index (χ0v) is 19.1. The fourth-order valence-electron chi connectivity index (χ4n) is 4.05. The van der Waals surface area contributed by atoms with E-state index in [0.717, 1.165) is 6.42 Å². The highest BCUT2D eigenvalue weighted by Gasteiger charge is 2.38. The highest BCUT2D eigenvalue weighted by atomic mass is 35.5. The summed E-state index contributed by atoms with van der Waals surface area (Å²) in [6, 6.07) is 3.35. The molecule has 0 unspecified atom stereocenters. The molecule has 2 aliphatic rings. The van der Waals surface area contributed by atoms with Gasteiger partial charge in [0, 0.05) is 42.6 Å². The van der Waals surface area contributed by atoms with Crippen molar-refractivity contribution in [1.29, 1.82) is 0 Å². The average molecular weight is 462 g/mol. The Kier molecular flexibility index (Phi) is 6.66. The number of piperidine rings is 1. The lowest BCUT2D eigenvalue weighted by molar-refractivity contribution is -0.134. The number of pyridine rings is 1. The van der Waals surface area contributed by atoms with Gasteiger partial charge in [-0.05, 0) is 25.3 Å². The first-order chi connectivity index (χ1) is 15.4. The molecule has 0 aromatic carbocycles. The second-order valence-electron chi connectivity index (χ2n) is 8.50. The second kappa shape index (κ2) is 9.46. The van der Waals surface area contributed by atoms with Gasteiger partial charge in [-0.2, -0.15) is 5.10 Å². The first-order valence-electron chi connectivity index (χ1n) is 10.8. The SMILES string of the molecule is CCC1(CNC(=O)C2CCN(C(=O)c3cc(-c4cc(OC)ncc4Cl)n[nH]3)CC2)COC1. The average Bonchev–Trinajstić information content (AvgIpc) is 3.28. The Labute approximate surface area is 191 Å². The molecular weight excluding hydrogens is 434 g/mol. The van der Waals surface area contributed by atoms with Crippen LogP contribution < -0.4 is 10.1 Å². The molecule has 9 nitrogen and oxygen atoms in total. The van der Waals surface area contributed by atoms with Crippen molar-refractivity contribution < 1.29 is 19.1 Å². The largest absolute Gasteiger partial charge is 0.481 e. The number of carbonyl (C=O) groups is 2. The molecular formula is C22H28ClN5O4. The highest BCUT2D eigenvalue weighted by molar-refractivity contribution is 6.33. The number of rotatable bonds is 7. The highest BCUT2D eigenvalue weighted by Crippen LogP contribution is 2.31. The predicted octanol–water partition coefficient (Wildman–Crippen LogP) is 2.53. The van der Waals surface area contributed by atoms with E-state index in [4.69, 9.17) is 21.1 Å². The number of ether oxygens (including phenoxy) is 2. The van der Waals surface area contributed by atoms with Crippen LogP contribution in [0.5, 0.6) is 5.88 Å². The molecule has 32 heavy (non-hydrogen) atoms. The zero-order valence-electron chi connectivity index (χ0n) is 18.3. The third-order valence-electron chi connectivity index (χ3n) is 6.48. The zero-order chi connectivity index (χ0) is 22.7. The molecule has 2 saturated heterocycles. The summed E-state index contributed by atoms with van der Waals surface area (Å²) >= 11 is 6.23. The minimum Gasteiger partial charge on any atom is -0.481 e. The smallest absolute Gasteiger partial charge is 0.271 e. The Morgan fingerprint density at radius 3 is 2.72 bits per heavy atom. The van der Waals surface area contributed by atoms with E-state index in [1.807, 2.05) is 0 Å². The molecule has 10 heteroatoms. The Morgan fingerprint density at radius 2 is 2.09 bits per heavy atom. The molecule has 0 radical (unpaired) electrons. The summed E-state index contributed by atoms with van der Waals surface area (Å²) < 4.78 is 10.5. The van der Waals surface area contributed by atoms with E-state index in [1.165, 1.54) is 13.3 Å². The van der Waals surface area contributed by atoms with E-state index in [2.05, 4.69) is 27.4 Å². The normalized spacial score (nSPS) is 18.2. The van der Waals surface area contributed by atoms with E-state index >= 15 is 0 Å². The molecule has 0 aliphatic carbocycles. The molecule has 2 amide bonds. The van der Waals surface area contributed by atoms with Crippen molar-refractivity contribution in [2.45, 2.75) is 26.2 Å².